The summed E-state index contributed by atoms with van der Waals surface area (Å²) >= 11 is 7.96. The second-order valence-electron chi connectivity index (χ2n) is 5.18. The van der Waals surface area contributed by atoms with E-state index in [2.05, 4.69) is 6.92 Å². The number of halogens is 1. The molecular weight excluding hydrogens is 330 g/mol. The van der Waals surface area contributed by atoms with Crippen LogP contribution in [0.2, 0.25) is 5.02 Å². The molecule has 1 heterocycles. The number of anilines is 1. The van der Waals surface area contributed by atoms with Crippen LogP contribution < -0.4 is 4.90 Å². The van der Waals surface area contributed by atoms with Gasteiger partial charge in [-0.15, -0.1) is 11.3 Å². The summed E-state index contributed by atoms with van der Waals surface area (Å²) in [7, 11) is 0. The third-order valence-corrected chi connectivity index (χ3v) is 4.86. The zero-order chi connectivity index (χ0) is 16.7. The molecular formula is C18H22ClNO2S. The first kappa shape index (κ1) is 17.8. The second-order valence-corrected chi connectivity index (χ2v) is 6.52. The van der Waals surface area contributed by atoms with Crippen LogP contribution in [0.15, 0.2) is 41.8 Å². The number of likely N-dealkylation sites (N-methyl/N-ethyl adjacent to an activating group) is 1. The highest BCUT2D eigenvalue weighted by Gasteiger charge is 2.30. The third kappa shape index (κ3) is 4.49. The van der Waals surface area contributed by atoms with Gasteiger partial charge in [-0.05, 0) is 36.9 Å². The first-order valence-corrected chi connectivity index (χ1v) is 9.16. The van der Waals surface area contributed by atoms with Crippen LogP contribution in [0.3, 0.4) is 0 Å². The van der Waals surface area contributed by atoms with Crippen LogP contribution in [0.1, 0.15) is 38.3 Å². The Labute approximate surface area is 146 Å². The largest absolute Gasteiger partial charge is 0.464 e. The SMILES string of the molecule is CCCCOC(=O)[C@H](c1ccccc1Cl)N(CC)c1cccs1. The highest BCUT2D eigenvalue weighted by molar-refractivity contribution is 7.14. The van der Waals surface area contributed by atoms with Gasteiger partial charge in [0.15, 0.2) is 6.04 Å². The molecule has 1 aromatic carbocycles. The molecule has 2 aromatic rings. The Morgan fingerprint density at radius 3 is 2.65 bits per heavy atom. The summed E-state index contributed by atoms with van der Waals surface area (Å²) in [5, 5.41) is 3.62. The van der Waals surface area contributed by atoms with Crippen molar-refractivity contribution >= 4 is 33.9 Å². The van der Waals surface area contributed by atoms with Crippen molar-refractivity contribution in [1.29, 1.82) is 0 Å². The molecule has 0 unspecified atom stereocenters. The van der Waals surface area contributed by atoms with Crippen LogP contribution in [0.5, 0.6) is 0 Å². The van der Waals surface area contributed by atoms with Crippen molar-refractivity contribution < 1.29 is 9.53 Å². The van der Waals surface area contributed by atoms with Crippen molar-refractivity contribution in [3.8, 4) is 0 Å². The smallest absolute Gasteiger partial charge is 0.333 e. The van der Waals surface area contributed by atoms with Crippen molar-refractivity contribution in [2.45, 2.75) is 32.7 Å². The van der Waals surface area contributed by atoms with Gasteiger partial charge in [-0.2, -0.15) is 0 Å². The number of hydrogen-bond acceptors (Lipinski definition) is 4. The molecule has 0 spiro atoms. The number of carbonyl (C=O) groups excluding carboxylic acids is 1. The molecule has 1 atom stereocenters. The van der Waals surface area contributed by atoms with Crippen molar-refractivity contribution in [2.24, 2.45) is 0 Å². The predicted molar refractivity (Wildman–Crippen MR) is 97.4 cm³/mol. The summed E-state index contributed by atoms with van der Waals surface area (Å²) in [5.74, 6) is -0.248. The molecule has 0 radical (unpaired) electrons. The summed E-state index contributed by atoms with van der Waals surface area (Å²) in [6.45, 7) is 5.24. The van der Waals surface area contributed by atoms with Crippen molar-refractivity contribution in [3.63, 3.8) is 0 Å². The van der Waals surface area contributed by atoms with E-state index in [4.69, 9.17) is 16.3 Å². The number of nitrogens with zero attached hydrogens (tertiary/aromatic N) is 1. The number of ether oxygens (including phenoxy) is 1. The number of carbonyl (C=O) groups is 1. The monoisotopic (exact) mass is 351 g/mol. The summed E-state index contributed by atoms with van der Waals surface area (Å²) in [6.07, 6.45) is 1.86. The first-order chi connectivity index (χ1) is 11.2. The van der Waals surface area contributed by atoms with E-state index in [9.17, 15) is 4.79 Å². The van der Waals surface area contributed by atoms with Gasteiger partial charge in [0, 0.05) is 17.1 Å². The fourth-order valence-corrected chi connectivity index (χ4v) is 3.48. The maximum atomic E-state index is 12.7. The van der Waals surface area contributed by atoms with Gasteiger partial charge < -0.3 is 9.64 Å². The maximum Gasteiger partial charge on any atom is 0.333 e. The van der Waals surface area contributed by atoms with E-state index in [1.165, 1.54) is 0 Å². The lowest BCUT2D eigenvalue weighted by Gasteiger charge is -2.30. The molecule has 0 saturated heterocycles. The Hall–Kier alpha value is -1.52. The zero-order valence-electron chi connectivity index (χ0n) is 13.5. The van der Waals surface area contributed by atoms with Crippen molar-refractivity contribution in [2.75, 3.05) is 18.1 Å². The average molecular weight is 352 g/mol. The van der Waals surface area contributed by atoms with E-state index >= 15 is 0 Å². The van der Waals surface area contributed by atoms with E-state index in [-0.39, 0.29) is 5.97 Å². The minimum absolute atomic E-state index is 0.248. The van der Waals surface area contributed by atoms with Gasteiger partial charge in [-0.3, -0.25) is 0 Å². The van der Waals surface area contributed by atoms with E-state index in [1.54, 1.807) is 11.3 Å². The van der Waals surface area contributed by atoms with E-state index in [0.717, 1.165) is 23.4 Å². The number of thiophene rings is 1. The zero-order valence-corrected chi connectivity index (χ0v) is 15.1. The van der Waals surface area contributed by atoms with E-state index in [1.807, 2.05) is 53.6 Å². The molecule has 0 bridgehead atoms. The molecule has 0 N–H and O–H groups in total. The average Bonchev–Trinajstić information content (AvgIpc) is 3.07. The van der Waals surface area contributed by atoms with E-state index < -0.39 is 6.04 Å². The van der Waals surface area contributed by atoms with Gasteiger partial charge in [-0.25, -0.2) is 4.79 Å². The number of benzene rings is 1. The molecule has 0 amide bonds. The molecule has 0 fully saturated rings. The van der Waals surface area contributed by atoms with Crippen LogP contribution in [0, 0.1) is 0 Å². The van der Waals surface area contributed by atoms with Gasteiger partial charge in [0.25, 0.3) is 0 Å². The molecule has 3 nitrogen and oxygen atoms in total. The van der Waals surface area contributed by atoms with Gasteiger partial charge >= 0.3 is 5.97 Å². The number of esters is 1. The lowest BCUT2D eigenvalue weighted by molar-refractivity contribution is -0.145. The van der Waals surface area contributed by atoms with Crippen LogP contribution in [-0.4, -0.2) is 19.1 Å². The Morgan fingerprint density at radius 1 is 1.26 bits per heavy atom. The molecule has 124 valence electrons. The topological polar surface area (TPSA) is 29.5 Å². The highest BCUT2D eigenvalue weighted by Crippen LogP contribution is 2.34. The summed E-state index contributed by atoms with van der Waals surface area (Å²) < 4.78 is 5.50. The van der Waals surface area contributed by atoms with Crippen LogP contribution in [-0.2, 0) is 9.53 Å². The van der Waals surface area contributed by atoms with Crippen molar-refractivity contribution in [1.82, 2.24) is 0 Å². The van der Waals surface area contributed by atoms with Crippen LogP contribution in [0.4, 0.5) is 5.00 Å². The Balaban J connectivity index is 2.34. The van der Waals surface area contributed by atoms with Gasteiger partial charge in [-0.1, -0.05) is 43.1 Å². The molecule has 0 aliphatic rings. The third-order valence-electron chi connectivity index (χ3n) is 3.61. The Morgan fingerprint density at radius 2 is 2.04 bits per heavy atom. The van der Waals surface area contributed by atoms with Crippen LogP contribution in [0.25, 0.3) is 0 Å². The first-order valence-electron chi connectivity index (χ1n) is 7.90. The minimum atomic E-state index is -0.524. The standard InChI is InChI=1S/C18H22ClNO2S/c1-3-5-12-22-18(21)17(14-9-6-7-10-15(14)19)20(4-2)16-11-8-13-23-16/h6-11,13,17H,3-5,12H2,1-2H3/t17-/m0/s1. The molecule has 0 aliphatic heterocycles. The second kappa shape index (κ2) is 8.94. The molecule has 23 heavy (non-hydrogen) atoms. The molecule has 1 aromatic heterocycles. The van der Waals surface area contributed by atoms with Gasteiger partial charge in [0.1, 0.15) is 0 Å². The van der Waals surface area contributed by atoms with Crippen LogP contribution >= 0.6 is 22.9 Å². The van der Waals surface area contributed by atoms with Gasteiger partial charge in [0.2, 0.25) is 0 Å². The molecule has 2 rings (SSSR count). The molecule has 0 aliphatic carbocycles. The molecule has 0 saturated carbocycles. The van der Waals surface area contributed by atoms with Crippen molar-refractivity contribution in [3.05, 3.63) is 52.4 Å². The number of rotatable bonds is 8. The maximum absolute atomic E-state index is 12.7. The minimum Gasteiger partial charge on any atom is -0.464 e. The fourth-order valence-electron chi connectivity index (χ4n) is 2.41. The normalized spacial score (nSPS) is 12.0. The van der Waals surface area contributed by atoms with E-state index in [0.29, 0.717) is 18.2 Å². The Kier molecular flexibility index (Phi) is 6.93. The predicted octanol–water partition coefficient (Wildman–Crippen LogP) is 5.31. The number of unbranched alkanes of at least 4 members (excludes halogenated alkanes) is 1. The Bertz CT molecular complexity index is 615. The molecule has 5 heteroatoms. The lowest BCUT2D eigenvalue weighted by Crippen LogP contribution is -2.35. The summed E-state index contributed by atoms with van der Waals surface area (Å²) in [4.78, 5) is 14.8. The fraction of sp³-hybridized carbons (Fsp3) is 0.389. The highest BCUT2D eigenvalue weighted by atomic mass is 35.5. The van der Waals surface area contributed by atoms with Gasteiger partial charge in [0.05, 0.1) is 11.6 Å². The summed E-state index contributed by atoms with van der Waals surface area (Å²) in [5.41, 5.74) is 0.783. The summed E-state index contributed by atoms with van der Waals surface area (Å²) in [6, 6.07) is 10.9. The lowest BCUT2D eigenvalue weighted by atomic mass is 10.1. The number of hydrogen-bond donors (Lipinski definition) is 0. The quantitative estimate of drug-likeness (QED) is 0.476.